The Morgan fingerprint density at radius 2 is 2.00 bits per heavy atom. The Bertz CT molecular complexity index is 1160. The number of aromatic nitrogens is 4. The minimum absolute atomic E-state index is 0.238. The van der Waals surface area contributed by atoms with E-state index < -0.39 is 0 Å². The monoisotopic (exact) mass is 373 g/mol. The summed E-state index contributed by atoms with van der Waals surface area (Å²) in [6.45, 7) is 4.36. The summed E-state index contributed by atoms with van der Waals surface area (Å²) in [5, 5.41) is 13.6. The lowest BCUT2D eigenvalue weighted by Gasteiger charge is -2.21. The van der Waals surface area contributed by atoms with Crippen LogP contribution in [0.4, 0.5) is 0 Å². The average Bonchev–Trinajstić information content (AvgIpc) is 3.34. The van der Waals surface area contributed by atoms with E-state index in [-0.39, 0.29) is 6.71 Å². The van der Waals surface area contributed by atoms with Gasteiger partial charge in [-0.2, -0.15) is 5.10 Å². The van der Waals surface area contributed by atoms with Crippen LogP contribution in [0.1, 0.15) is 35.8 Å². The molecule has 0 aromatic carbocycles. The minimum atomic E-state index is 0.238. The van der Waals surface area contributed by atoms with Gasteiger partial charge in [0.05, 0.1) is 21.8 Å². The highest BCUT2D eigenvalue weighted by molar-refractivity contribution is 7.20. The van der Waals surface area contributed by atoms with Gasteiger partial charge >= 0.3 is 0 Å². The van der Waals surface area contributed by atoms with Gasteiger partial charge in [-0.1, -0.05) is 36.8 Å². The van der Waals surface area contributed by atoms with E-state index in [1.165, 1.54) is 16.1 Å². The number of rotatable bonds is 2. The summed E-state index contributed by atoms with van der Waals surface area (Å²) >= 11 is 1.73. The van der Waals surface area contributed by atoms with E-state index >= 15 is 0 Å². The summed E-state index contributed by atoms with van der Waals surface area (Å²) in [6, 6.07) is 6.50. The van der Waals surface area contributed by atoms with Gasteiger partial charge in [0.1, 0.15) is 0 Å². The van der Waals surface area contributed by atoms with Crippen molar-refractivity contribution in [2.75, 3.05) is 0 Å². The summed E-state index contributed by atoms with van der Waals surface area (Å²) in [5.41, 5.74) is 5.70. The van der Waals surface area contributed by atoms with Gasteiger partial charge in [-0.05, 0) is 37.6 Å². The molecular weight excluding hydrogens is 353 g/mol. The molecule has 0 radical (unpaired) electrons. The fourth-order valence-corrected chi connectivity index (χ4v) is 5.16. The maximum Gasteiger partial charge on any atom is 0.267 e. The molecule has 1 aliphatic heterocycles. The third-order valence-electron chi connectivity index (χ3n) is 5.65. The summed E-state index contributed by atoms with van der Waals surface area (Å²) in [7, 11) is 0. The van der Waals surface area contributed by atoms with E-state index in [9.17, 15) is 0 Å². The number of fused-ring (bicyclic) bond motifs is 2. The lowest BCUT2D eigenvalue weighted by molar-refractivity contribution is 0.598. The predicted octanol–water partition coefficient (Wildman–Crippen LogP) is 4.76. The van der Waals surface area contributed by atoms with Crippen molar-refractivity contribution < 1.29 is 0 Å². The maximum absolute atomic E-state index is 9.08. The van der Waals surface area contributed by atoms with Crippen LogP contribution < -0.4 is 0 Å². The first-order valence-electron chi connectivity index (χ1n) is 9.46. The molecule has 1 aliphatic rings. The van der Waals surface area contributed by atoms with E-state index in [1.807, 2.05) is 11.4 Å². The van der Waals surface area contributed by atoms with Gasteiger partial charge < -0.3 is 0 Å². The molecular formula is C20H20BN5S. The van der Waals surface area contributed by atoms with E-state index in [1.54, 1.807) is 11.3 Å². The molecule has 5 heterocycles. The van der Waals surface area contributed by atoms with Crippen molar-refractivity contribution in [3.8, 4) is 16.4 Å². The molecule has 0 spiro atoms. The van der Waals surface area contributed by atoms with Crippen LogP contribution in [0, 0.1) is 25.1 Å². The number of thiazole rings is 1. The van der Waals surface area contributed by atoms with Crippen LogP contribution in [0.25, 0.3) is 20.9 Å². The first kappa shape index (κ1) is 16.6. The molecule has 0 unspecified atom stereocenters. The Kier molecular flexibility index (Phi) is 3.83. The summed E-state index contributed by atoms with van der Waals surface area (Å²) in [4.78, 5) is 7.17. The highest BCUT2D eigenvalue weighted by Gasteiger charge is 2.27. The van der Waals surface area contributed by atoms with Gasteiger partial charge in [0.15, 0.2) is 4.96 Å². The molecule has 1 saturated heterocycles. The number of imidazole rings is 1. The molecule has 0 bridgehead atoms. The predicted molar refractivity (Wildman–Crippen MR) is 110 cm³/mol. The molecule has 7 heteroatoms. The Balaban J connectivity index is 1.46. The number of aryl methyl sites for hydroxylation is 2. The average molecular weight is 373 g/mol. The van der Waals surface area contributed by atoms with Crippen LogP contribution in [0.5, 0.6) is 0 Å². The minimum Gasteiger partial charge on any atom is -0.297 e. The summed E-state index contributed by atoms with van der Waals surface area (Å²) < 4.78 is 4.15. The normalized spacial score (nSPS) is 15.7. The largest absolute Gasteiger partial charge is 0.297 e. The molecule has 0 N–H and O–H groups in total. The number of hydrogen-bond donors (Lipinski definition) is 0. The second-order valence-corrected chi connectivity index (χ2v) is 8.65. The quantitative estimate of drug-likeness (QED) is 0.476. The van der Waals surface area contributed by atoms with E-state index in [0.717, 1.165) is 47.3 Å². The Labute approximate surface area is 162 Å². The fraction of sp³-hybridized carbons (Fsp3) is 0.350. The number of nitrogens with zero attached hydrogens (tertiary/aromatic N) is 5. The molecule has 4 aromatic heterocycles. The Morgan fingerprint density at radius 1 is 1.19 bits per heavy atom. The number of nitriles is 1. The van der Waals surface area contributed by atoms with Gasteiger partial charge in [-0.25, -0.2) is 14.8 Å². The zero-order chi connectivity index (χ0) is 18.5. The lowest BCUT2D eigenvalue weighted by Crippen LogP contribution is -2.18. The third kappa shape index (κ3) is 2.85. The second kappa shape index (κ2) is 6.24. The molecule has 1 fully saturated rings. The van der Waals surface area contributed by atoms with Crippen molar-refractivity contribution in [1.82, 2.24) is 19.0 Å². The van der Waals surface area contributed by atoms with Crippen LogP contribution in [0.2, 0.25) is 12.6 Å². The van der Waals surface area contributed by atoms with E-state index in [0.29, 0.717) is 5.92 Å². The molecule has 0 saturated carbocycles. The van der Waals surface area contributed by atoms with Crippen LogP contribution in [0.15, 0.2) is 30.6 Å². The summed E-state index contributed by atoms with van der Waals surface area (Å²) in [6.07, 6.45) is 8.52. The first-order chi connectivity index (χ1) is 13.1. The Morgan fingerprint density at radius 3 is 2.74 bits per heavy atom. The highest BCUT2D eigenvalue weighted by atomic mass is 32.1. The maximum atomic E-state index is 9.08. The van der Waals surface area contributed by atoms with Crippen molar-refractivity contribution in [3.63, 3.8) is 0 Å². The SMILES string of the molecule is Cc1cc2cc(-c3cn4cc(C5CCB(C#N)CC5)nc4s3)cc(C)n2n1. The van der Waals surface area contributed by atoms with Crippen molar-refractivity contribution in [3.05, 3.63) is 47.7 Å². The zero-order valence-electron chi connectivity index (χ0n) is 15.5. The molecule has 0 aliphatic carbocycles. The highest BCUT2D eigenvalue weighted by Crippen LogP contribution is 2.35. The van der Waals surface area contributed by atoms with Gasteiger partial charge in [0.25, 0.3) is 6.71 Å². The topological polar surface area (TPSA) is 58.4 Å². The van der Waals surface area contributed by atoms with Gasteiger partial charge in [-0.3, -0.25) is 4.40 Å². The van der Waals surface area contributed by atoms with Crippen molar-refractivity contribution in [1.29, 1.82) is 5.26 Å². The summed E-state index contributed by atoms with van der Waals surface area (Å²) in [5.74, 6) is 2.91. The van der Waals surface area contributed by atoms with E-state index in [2.05, 4.69) is 53.0 Å². The van der Waals surface area contributed by atoms with Crippen LogP contribution in [0.3, 0.4) is 0 Å². The standard InChI is InChI=1S/C20H20BN5S/c1-13-7-17-9-16(8-14(2)26(17)24-13)19-11-25-10-18(23-20(25)27-19)15-3-5-21(12-22)6-4-15/h7-11,15H,3-6H2,1-2H3. The lowest BCUT2D eigenvalue weighted by atomic mass is 9.41. The molecule has 0 atom stereocenters. The van der Waals surface area contributed by atoms with Crippen LogP contribution in [-0.2, 0) is 0 Å². The molecule has 4 aromatic rings. The van der Waals surface area contributed by atoms with Gasteiger partial charge in [0, 0.05) is 30.0 Å². The first-order valence-corrected chi connectivity index (χ1v) is 10.3. The van der Waals surface area contributed by atoms with Crippen LogP contribution >= 0.6 is 11.3 Å². The van der Waals surface area contributed by atoms with Crippen molar-refractivity contribution in [2.45, 2.75) is 45.2 Å². The molecule has 5 rings (SSSR count). The molecule has 134 valence electrons. The molecule has 27 heavy (non-hydrogen) atoms. The molecule has 0 amide bonds. The zero-order valence-corrected chi connectivity index (χ0v) is 16.3. The van der Waals surface area contributed by atoms with Gasteiger partial charge in [-0.15, -0.1) is 0 Å². The second-order valence-electron chi connectivity index (χ2n) is 7.64. The molecule has 5 nitrogen and oxygen atoms in total. The van der Waals surface area contributed by atoms with Crippen LogP contribution in [-0.4, -0.2) is 25.7 Å². The van der Waals surface area contributed by atoms with Crippen molar-refractivity contribution >= 4 is 28.5 Å². The van der Waals surface area contributed by atoms with E-state index in [4.69, 9.17) is 10.2 Å². The van der Waals surface area contributed by atoms with Crippen molar-refractivity contribution in [2.24, 2.45) is 0 Å². The van der Waals surface area contributed by atoms with Gasteiger partial charge in [0.2, 0.25) is 0 Å². The third-order valence-corrected chi connectivity index (χ3v) is 6.69. The number of pyridine rings is 1. The fourth-order valence-electron chi connectivity index (χ4n) is 4.20. The smallest absolute Gasteiger partial charge is 0.267 e. The number of hydrogen-bond acceptors (Lipinski definition) is 4. The Hall–Kier alpha value is -2.59.